The Kier molecular flexibility index (Phi) is 4.00. The van der Waals surface area contributed by atoms with E-state index in [2.05, 4.69) is 25.7 Å². The minimum Gasteiger partial charge on any atom is -0.370 e. The van der Waals surface area contributed by atoms with Gasteiger partial charge in [-0.3, -0.25) is 4.79 Å². The van der Waals surface area contributed by atoms with Crippen molar-refractivity contribution >= 4 is 11.5 Å². The normalized spacial score (nSPS) is 18.2. The second-order valence-electron chi connectivity index (χ2n) is 6.99. The van der Waals surface area contributed by atoms with Crippen molar-refractivity contribution in [1.29, 1.82) is 5.26 Å². The Morgan fingerprint density at radius 2 is 2.00 bits per heavy atom. The second-order valence-corrected chi connectivity index (χ2v) is 6.99. The van der Waals surface area contributed by atoms with Gasteiger partial charge in [-0.2, -0.15) is 5.26 Å². The molecular weight excluding hydrogens is 314 g/mol. The summed E-state index contributed by atoms with van der Waals surface area (Å²) in [6.07, 6.45) is 6.30. The number of anilines is 1. The number of piperidine rings is 1. The summed E-state index contributed by atoms with van der Waals surface area (Å²) in [6.45, 7) is 3.28. The van der Waals surface area contributed by atoms with Gasteiger partial charge in [-0.15, -0.1) is 10.2 Å². The first-order chi connectivity index (χ1) is 12.2. The Bertz CT molecular complexity index is 838. The van der Waals surface area contributed by atoms with Crippen LogP contribution in [-0.2, 0) is 0 Å². The summed E-state index contributed by atoms with van der Waals surface area (Å²) < 4.78 is 2.25. The third-order valence-electron chi connectivity index (χ3n) is 5.27. The molecule has 128 valence electrons. The molecule has 1 aromatic heterocycles. The van der Waals surface area contributed by atoms with Crippen molar-refractivity contribution in [2.45, 2.75) is 44.6 Å². The number of aromatic nitrogens is 3. The summed E-state index contributed by atoms with van der Waals surface area (Å²) in [5, 5.41) is 17.9. The van der Waals surface area contributed by atoms with Crippen molar-refractivity contribution in [3.63, 3.8) is 0 Å². The summed E-state index contributed by atoms with van der Waals surface area (Å²) >= 11 is 0. The highest BCUT2D eigenvalue weighted by atomic mass is 16.1. The van der Waals surface area contributed by atoms with E-state index in [9.17, 15) is 10.1 Å². The number of hydrogen-bond acceptors (Lipinski definition) is 5. The van der Waals surface area contributed by atoms with Crippen molar-refractivity contribution in [2.24, 2.45) is 0 Å². The molecule has 0 atom stereocenters. The minimum absolute atomic E-state index is 0.0261. The maximum absolute atomic E-state index is 11.7. The number of rotatable bonds is 4. The number of ketones is 1. The summed E-state index contributed by atoms with van der Waals surface area (Å²) in [6, 6.07) is 8.19. The highest BCUT2D eigenvalue weighted by Gasteiger charge is 2.31. The quantitative estimate of drug-likeness (QED) is 0.803. The number of Topliss-reactive ketones (excluding diaryl/α,β-unsaturated/α-hetero) is 1. The van der Waals surface area contributed by atoms with Crippen LogP contribution in [0.3, 0.4) is 0 Å². The van der Waals surface area contributed by atoms with Crippen molar-refractivity contribution in [1.82, 2.24) is 14.8 Å². The van der Waals surface area contributed by atoms with Gasteiger partial charge in [-0.05, 0) is 50.8 Å². The Labute approximate surface area is 147 Å². The lowest BCUT2D eigenvalue weighted by Gasteiger charge is -2.34. The minimum atomic E-state index is 0.0261. The number of nitriles is 1. The van der Waals surface area contributed by atoms with Gasteiger partial charge in [-0.25, -0.2) is 0 Å². The van der Waals surface area contributed by atoms with Crippen LogP contribution >= 0.6 is 0 Å². The topological polar surface area (TPSA) is 74.8 Å². The molecule has 2 fully saturated rings. The molecule has 0 spiro atoms. The van der Waals surface area contributed by atoms with Crippen LogP contribution in [0.2, 0.25) is 0 Å². The van der Waals surface area contributed by atoms with Gasteiger partial charge in [0.1, 0.15) is 18.2 Å². The SMILES string of the molecule is CC(=O)c1ccc(C#N)c(N2CCC(c3nncn3C3CC3)CC2)c1. The van der Waals surface area contributed by atoms with Crippen LogP contribution in [0.5, 0.6) is 0 Å². The zero-order valence-corrected chi connectivity index (χ0v) is 14.4. The number of carbonyl (C=O) groups excluding carboxylic acids is 1. The third-order valence-corrected chi connectivity index (χ3v) is 5.27. The molecule has 2 heterocycles. The monoisotopic (exact) mass is 335 g/mol. The molecule has 0 N–H and O–H groups in total. The molecular formula is C19H21N5O. The standard InChI is InChI=1S/C19H21N5O/c1-13(25)15-2-3-16(11-20)18(10-15)23-8-6-14(7-9-23)19-22-21-12-24(19)17-4-5-17/h2-3,10,12,14,17H,4-9H2,1H3. The van der Waals surface area contributed by atoms with E-state index < -0.39 is 0 Å². The van der Waals surface area contributed by atoms with Crippen LogP contribution in [-0.4, -0.2) is 33.6 Å². The fourth-order valence-corrected chi connectivity index (χ4v) is 3.66. The number of benzene rings is 1. The Morgan fingerprint density at radius 1 is 1.24 bits per heavy atom. The first kappa shape index (κ1) is 15.8. The predicted molar refractivity (Wildman–Crippen MR) is 93.6 cm³/mol. The summed E-state index contributed by atoms with van der Waals surface area (Å²) in [7, 11) is 0. The van der Waals surface area contributed by atoms with Crippen LogP contribution < -0.4 is 4.90 Å². The second kappa shape index (κ2) is 6.32. The average Bonchev–Trinajstić information content (AvgIpc) is 3.38. The number of hydrogen-bond donors (Lipinski definition) is 0. The van der Waals surface area contributed by atoms with E-state index in [1.165, 1.54) is 12.8 Å². The van der Waals surface area contributed by atoms with Crippen LogP contribution in [0.15, 0.2) is 24.5 Å². The zero-order valence-electron chi connectivity index (χ0n) is 14.4. The third kappa shape index (κ3) is 3.02. The summed E-state index contributed by atoms with van der Waals surface area (Å²) in [5.41, 5.74) is 2.16. The van der Waals surface area contributed by atoms with Crippen LogP contribution in [0.25, 0.3) is 0 Å². The zero-order chi connectivity index (χ0) is 17.4. The number of nitrogens with zero attached hydrogens (tertiary/aromatic N) is 5. The van der Waals surface area contributed by atoms with Crippen LogP contribution in [0.4, 0.5) is 5.69 Å². The van der Waals surface area contributed by atoms with Gasteiger partial charge in [-0.1, -0.05) is 0 Å². The van der Waals surface area contributed by atoms with Crippen molar-refractivity contribution in [2.75, 3.05) is 18.0 Å². The fraction of sp³-hybridized carbons (Fsp3) is 0.474. The maximum Gasteiger partial charge on any atom is 0.159 e. The van der Waals surface area contributed by atoms with Crippen molar-refractivity contribution in [3.8, 4) is 6.07 Å². The summed E-state index contributed by atoms with van der Waals surface area (Å²) in [5.74, 6) is 1.55. The van der Waals surface area contributed by atoms with Crippen LogP contribution in [0, 0.1) is 11.3 Å². The van der Waals surface area contributed by atoms with Gasteiger partial charge in [0.25, 0.3) is 0 Å². The molecule has 1 saturated heterocycles. The lowest BCUT2D eigenvalue weighted by Crippen LogP contribution is -2.34. The van der Waals surface area contributed by atoms with Gasteiger partial charge in [0, 0.05) is 30.6 Å². The van der Waals surface area contributed by atoms with Gasteiger partial charge in [0.05, 0.1) is 11.3 Å². The molecule has 0 amide bonds. The van der Waals surface area contributed by atoms with E-state index in [1.807, 2.05) is 12.4 Å². The van der Waals surface area contributed by atoms with Crippen molar-refractivity contribution < 1.29 is 4.79 Å². The smallest absolute Gasteiger partial charge is 0.159 e. The molecule has 1 aliphatic heterocycles. The Hall–Kier alpha value is -2.68. The maximum atomic E-state index is 11.7. The van der Waals surface area contributed by atoms with E-state index >= 15 is 0 Å². The lowest BCUT2D eigenvalue weighted by atomic mass is 9.94. The van der Waals surface area contributed by atoms with E-state index in [0.29, 0.717) is 23.1 Å². The Balaban J connectivity index is 1.52. The molecule has 6 heteroatoms. The molecule has 4 rings (SSSR count). The first-order valence-corrected chi connectivity index (χ1v) is 8.87. The molecule has 6 nitrogen and oxygen atoms in total. The molecule has 25 heavy (non-hydrogen) atoms. The highest BCUT2D eigenvalue weighted by molar-refractivity contribution is 5.95. The molecule has 1 aromatic carbocycles. The highest BCUT2D eigenvalue weighted by Crippen LogP contribution is 2.39. The van der Waals surface area contributed by atoms with Gasteiger partial charge < -0.3 is 9.47 Å². The lowest BCUT2D eigenvalue weighted by molar-refractivity contribution is 0.101. The van der Waals surface area contributed by atoms with E-state index in [1.54, 1.807) is 19.1 Å². The van der Waals surface area contributed by atoms with Gasteiger partial charge in [0.15, 0.2) is 5.78 Å². The van der Waals surface area contributed by atoms with E-state index in [-0.39, 0.29) is 5.78 Å². The first-order valence-electron chi connectivity index (χ1n) is 8.87. The average molecular weight is 335 g/mol. The molecule has 0 bridgehead atoms. The van der Waals surface area contributed by atoms with E-state index in [0.717, 1.165) is 37.4 Å². The molecule has 1 saturated carbocycles. The molecule has 0 radical (unpaired) electrons. The van der Waals surface area contributed by atoms with E-state index in [4.69, 9.17) is 0 Å². The number of carbonyl (C=O) groups is 1. The van der Waals surface area contributed by atoms with Gasteiger partial charge >= 0.3 is 0 Å². The largest absolute Gasteiger partial charge is 0.370 e. The molecule has 1 aliphatic carbocycles. The van der Waals surface area contributed by atoms with Crippen molar-refractivity contribution in [3.05, 3.63) is 41.5 Å². The summed E-state index contributed by atoms with van der Waals surface area (Å²) in [4.78, 5) is 13.9. The van der Waals surface area contributed by atoms with Gasteiger partial charge in [0.2, 0.25) is 0 Å². The predicted octanol–water partition coefficient (Wildman–Crippen LogP) is 3.07. The Morgan fingerprint density at radius 3 is 2.64 bits per heavy atom. The molecule has 2 aliphatic rings. The van der Waals surface area contributed by atoms with Crippen LogP contribution in [0.1, 0.15) is 66.3 Å². The fourth-order valence-electron chi connectivity index (χ4n) is 3.66. The molecule has 0 unspecified atom stereocenters. The molecule has 2 aromatic rings.